The van der Waals surface area contributed by atoms with Gasteiger partial charge in [0.05, 0.1) is 21.1 Å². The van der Waals surface area contributed by atoms with Crippen LogP contribution in [0.1, 0.15) is 30.1 Å². The zero-order valence-corrected chi connectivity index (χ0v) is 18.6. The Morgan fingerprint density at radius 3 is 2.50 bits per heavy atom. The second-order valence-electron chi connectivity index (χ2n) is 7.10. The summed E-state index contributed by atoms with van der Waals surface area (Å²) in [5, 5.41) is 10.9. The van der Waals surface area contributed by atoms with Gasteiger partial charge in [-0.25, -0.2) is 13.2 Å². The van der Waals surface area contributed by atoms with Gasteiger partial charge in [-0.15, -0.1) is 0 Å². The van der Waals surface area contributed by atoms with Gasteiger partial charge in [0, 0.05) is 19.2 Å². The van der Waals surface area contributed by atoms with E-state index in [9.17, 15) is 28.1 Å². The zero-order valence-electron chi connectivity index (χ0n) is 17.0. The third kappa shape index (κ3) is 5.17. The van der Waals surface area contributed by atoms with E-state index >= 15 is 0 Å². The van der Waals surface area contributed by atoms with Crippen molar-refractivity contribution < 1.29 is 27.7 Å². The molecular formula is C20H20ClN3O7S. The van der Waals surface area contributed by atoms with Gasteiger partial charge in [0.2, 0.25) is 0 Å². The minimum atomic E-state index is -4.30. The van der Waals surface area contributed by atoms with Crippen LogP contribution < -0.4 is 4.72 Å². The molecule has 1 aliphatic rings. The van der Waals surface area contributed by atoms with E-state index in [1.807, 2.05) is 0 Å². The number of halogens is 1. The minimum Gasteiger partial charge on any atom is -0.449 e. The first-order chi connectivity index (χ1) is 15.1. The summed E-state index contributed by atoms with van der Waals surface area (Å²) in [5.74, 6) is -1.20. The lowest BCUT2D eigenvalue weighted by Gasteiger charge is -2.21. The van der Waals surface area contributed by atoms with Crippen molar-refractivity contribution in [1.82, 2.24) is 4.90 Å². The van der Waals surface area contributed by atoms with E-state index in [1.54, 1.807) is 4.90 Å². The Morgan fingerprint density at radius 1 is 1.19 bits per heavy atom. The maximum Gasteiger partial charge on any atom is 0.341 e. The van der Waals surface area contributed by atoms with Gasteiger partial charge in [0.15, 0.2) is 6.10 Å². The molecule has 0 spiro atoms. The van der Waals surface area contributed by atoms with Gasteiger partial charge in [-0.2, -0.15) is 0 Å². The van der Waals surface area contributed by atoms with Crippen LogP contribution in [-0.4, -0.2) is 49.3 Å². The molecule has 1 unspecified atom stereocenters. The molecule has 1 atom stereocenters. The van der Waals surface area contributed by atoms with Crippen molar-refractivity contribution in [3.05, 3.63) is 63.2 Å². The number of nitrogens with zero attached hydrogens (tertiary/aromatic N) is 2. The number of likely N-dealkylation sites (tertiary alicyclic amines) is 1. The number of nitro groups is 1. The fourth-order valence-corrected chi connectivity index (χ4v) is 4.51. The summed E-state index contributed by atoms with van der Waals surface area (Å²) in [6.45, 7) is 2.66. The van der Waals surface area contributed by atoms with Crippen molar-refractivity contribution in [3.63, 3.8) is 0 Å². The Hall–Kier alpha value is -3.18. The predicted molar refractivity (Wildman–Crippen MR) is 116 cm³/mol. The van der Waals surface area contributed by atoms with Crippen molar-refractivity contribution in [2.45, 2.75) is 30.8 Å². The summed E-state index contributed by atoms with van der Waals surface area (Å²) < 4.78 is 33.1. The first-order valence-electron chi connectivity index (χ1n) is 9.65. The van der Waals surface area contributed by atoms with Gasteiger partial charge < -0.3 is 9.64 Å². The first-order valence-corrected chi connectivity index (χ1v) is 11.5. The fourth-order valence-electron chi connectivity index (χ4n) is 3.22. The quantitative estimate of drug-likeness (QED) is 0.364. The van der Waals surface area contributed by atoms with Crippen LogP contribution >= 0.6 is 11.6 Å². The number of hydrogen-bond acceptors (Lipinski definition) is 7. The third-order valence-electron chi connectivity index (χ3n) is 4.87. The molecule has 0 radical (unpaired) electrons. The molecule has 0 aromatic heterocycles. The molecule has 1 amide bonds. The molecule has 0 saturated carbocycles. The molecule has 1 aliphatic heterocycles. The van der Waals surface area contributed by atoms with Gasteiger partial charge >= 0.3 is 5.97 Å². The number of amides is 1. The highest BCUT2D eigenvalue weighted by molar-refractivity contribution is 7.92. The minimum absolute atomic E-state index is 0.101. The smallest absolute Gasteiger partial charge is 0.341 e. The third-order valence-corrected chi connectivity index (χ3v) is 6.55. The van der Waals surface area contributed by atoms with Crippen molar-refractivity contribution in [2.75, 3.05) is 17.8 Å². The number of hydrogen-bond donors (Lipinski definition) is 1. The lowest BCUT2D eigenvalue weighted by atomic mass is 10.2. The summed E-state index contributed by atoms with van der Waals surface area (Å²) in [7, 11) is -4.30. The van der Waals surface area contributed by atoms with Crippen LogP contribution in [-0.2, 0) is 19.6 Å². The number of nitro benzene ring substituents is 1. The molecule has 2 aromatic rings. The number of nitrogens with one attached hydrogen (secondary N) is 1. The van der Waals surface area contributed by atoms with Gasteiger partial charge in [-0.05, 0) is 44.0 Å². The molecule has 1 N–H and O–H groups in total. The standard InChI is InChI=1S/C20H20ClN3O7S/c1-13(19(25)23-10-4-5-11-23)31-20(26)15-6-2-3-7-17(15)22-32(29,30)14-8-9-16(21)18(12-14)24(27)28/h2-3,6-9,12-13,22H,4-5,10-11H2,1H3. The number of benzene rings is 2. The largest absolute Gasteiger partial charge is 0.449 e. The van der Waals surface area contributed by atoms with E-state index in [2.05, 4.69) is 4.72 Å². The molecule has 0 bridgehead atoms. The van der Waals surface area contributed by atoms with E-state index in [0.717, 1.165) is 31.0 Å². The van der Waals surface area contributed by atoms with Gasteiger partial charge in [0.1, 0.15) is 5.02 Å². The Kier molecular flexibility index (Phi) is 6.99. The Bertz CT molecular complexity index is 1160. The fraction of sp³-hybridized carbons (Fsp3) is 0.300. The van der Waals surface area contributed by atoms with Crippen molar-refractivity contribution in [3.8, 4) is 0 Å². The number of esters is 1. The van der Waals surface area contributed by atoms with Crippen LogP contribution in [0.25, 0.3) is 0 Å². The number of carbonyl (C=O) groups excluding carboxylic acids is 2. The highest BCUT2D eigenvalue weighted by Gasteiger charge is 2.28. The summed E-state index contributed by atoms with van der Waals surface area (Å²) in [4.78, 5) is 36.5. The SMILES string of the molecule is CC(OC(=O)c1ccccc1NS(=O)(=O)c1ccc(Cl)c([N+](=O)[O-])c1)C(=O)N1CCCC1. The Morgan fingerprint density at radius 2 is 1.84 bits per heavy atom. The molecular weight excluding hydrogens is 462 g/mol. The molecule has 3 rings (SSSR count). The highest BCUT2D eigenvalue weighted by Crippen LogP contribution is 2.29. The lowest BCUT2D eigenvalue weighted by Crippen LogP contribution is -2.38. The van der Waals surface area contributed by atoms with E-state index in [-0.39, 0.29) is 22.2 Å². The maximum absolute atomic E-state index is 12.8. The van der Waals surface area contributed by atoms with Gasteiger partial charge in [0.25, 0.3) is 21.6 Å². The normalized spacial score (nSPS) is 14.6. The van der Waals surface area contributed by atoms with Crippen LogP contribution in [0, 0.1) is 10.1 Å². The van der Waals surface area contributed by atoms with Crippen molar-refractivity contribution >= 4 is 44.9 Å². The number of ether oxygens (including phenoxy) is 1. The summed E-state index contributed by atoms with van der Waals surface area (Å²) in [5.41, 5.74) is -0.784. The number of sulfonamides is 1. The van der Waals surface area contributed by atoms with Crippen molar-refractivity contribution in [1.29, 1.82) is 0 Å². The van der Waals surface area contributed by atoms with Gasteiger partial charge in [-0.1, -0.05) is 23.7 Å². The molecule has 170 valence electrons. The average Bonchev–Trinajstić information content (AvgIpc) is 3.28. The second-order valence-corrected chi connectivity index (χ2v) is 9.19. The molecule has 32 heavy (non-hydrogen) atoms. The van der Waals surface area contributed by atoms with Crippen LogP contribution in [0.2, 0.25) is 5.02 Å². The summed E-state index contributed by atoms with van der Waals surface area (Å²) in [6.07, 6.45) is 0.740. The maximum atomic E-state index is 12.8. The average molecular weight is 482 g/mol. The molecule has 1 heterocycles. The topological polar surface area (TPSA) is 136 Å². The molecule has 1 saturated heterocycles. The van der Waals surface area contributed by atoms with Gasteiger partial charge in [-0.3, -0.25) is 19.6 Å². The first kappa shape index (κ1) is 23.5. The molecule has 1 fully saturated rings. The lowest BCUT2D eigenvalue weighted by molar-refractivity contribution is -0.384. The summed E-state index contributed by atoms with van der Waals surface area (Å²) in [6, 6.07) is 8.72. The molecule has 2 aromatic carbocycles. The van der Waals surface area contributed by atoms with E-state index in [1.165, 1.54) is 31.2 Å². The Labute approximate surface area is 189 Å². The Balaban J connectivity index is 1.81. The number of anilines is 1. The van der Waals surface area contributed by atoms with E-state index < -0.39 is 37.6 Å². The van der Waals surface area contributed by atoms with Crippen LogP contribution in [0.5, 0.6) is 0 Å². The number of carbonyl (C=O) groups is 2. The predicted octanol–water partition coefficient (Wildman–Crippen LogP) is 3.22. The van der Waals surface area contributed by atoms with Crippen molar-refractivity contribution in [2.24, 2.45) is 0 Å². The zero-order chi connectivity index (χ0) is 23.5. The highest BCUT2D eigenvalue weighted by atomic mass is 35.5. The molecule has 12 heteroatoms. The number of para-hydroxylation sites is 1. The number of rotatable bonds is 7. The molecule has 10 nitrogen and oxygen atoms in total. The monoisotopic (exact) mass is 481 g/mol. The van der Waals surface area contributed by atoms with Crippen LogP contribution in [0.4, 0.5) is 11.4 Å². The summed E-state index contributed by atoms with van der Waals surface area (Å²) >= 11 is 5.74. The van der Waals surface area contributed by atoms with Crippen LogP contribution in [0.15, 0.2) is 47.4 Å². The van der Waals surface area contributed by atoms with Crippen LogP contribution in [0.3, 0.4) is 0 Å². The molecule has 0 aliphatic carbocycles. The van der Waals surface area contributed by atoms with E-state index in [4.69, 9.17) is 16.3 Å². The van der Waals surface area contributed by atoms with E-state index in [0.29, 0.717) is 13.1 Å². The second kappa shape index (κ2) is 9.53.